The molecule has 1 heterocycles. The van der Waals surface area contributed by atoms with E-state index >= 15 is 0 Å². The lowest BCUT2D eigenvalue weighted by Gasteiger charge is -2.07. The van der Waals surface area contributed by atoms with Gasteiger partial charge in [-0.1, -0.05) is 0 Å². The Hall–Kier alpha value is -1.39. The zero-order valence-electron chi connectivity index (χ0n) is 6.35. The van der Waals surface area contributed by atoms with Crippen LogP contribution in [0.1, 0.15) is 18.8 Å². The minimum Gasteiger partial charge on any atom is -0.480 e. The van der Waals surface area contributed by atoms with Gasteiger partial charge in [-0.15, -0.1) is 10.2 Å². The van der Waals surface area contributed by atoms with Crippen molar-refractivity contribution in [2.45, 2.75) is 19.9 Å². The molecule has 1 N–H and O–H groups in total. The molecule has 0 saturated heterocycles. The largest absolute Gasteiger partial charge is 0.480 e. The number of aromatic nitrogens is 3. The predicted molar refractivity (Wildman–Crippen MR) is 37.1 cm³/mol. The first kappa shape index (κ1) is 7.71. The lowest BCUT2D eigenvalue weighted by Crippen LogP contribution is -2.15. The number of rotatable bonds is 2. The smallest absolute Gasteiger partial charge is 0.326 e. The van der Waals surface area contributed by atoms with Crippen LogP contribution in [0.15, 0.2) is 6.33 Å². The summed E-state index contributed by atoms with van der Waals surface area (Å²) in [5.74, 6) is -0.271. The molecule has 0 spiro atoms. The van der Waals surface area contributed by atoms with Crippen molar-refractivity contribution in [3.05, 3.63) is 12.2 Å². The van der Waals surface area contributed by atoms with E-state index in [0.29, 0.717) is 5.82 Å². The molecule has 1 aromatic rings. The predicted octanol–water partition coefficient (Wildman–Crippen LogP) is 0.232. The Kier molecular flexibility index (Phi) is 1.89. The molecule has 0 aliphatic heterocycles. The van der Waals surface area contributed by atoms with Gasteiger partial charge in [-0.2, -0.15) is 0 Å². The third kappa shape index (κ3) is 1.36. The maximum Gasteiger partial charge on any atom is 0.326 e. The van der Waals surface area contributed by atoms with E-state index in [1.807, 2.05) is 0 Å². The number of carboxylic acid groups (broad SMARTS) is 1. The highest BCUT2D eigenvalue weighted by molar-refractivity contribution is 5.71. The highest BCUT2D eigenvalue weighted by Crippen LogP contribution is 2.05. The zero-order valence-corrected chi connectivity index (χ0v) is 6.35. The van der Waals surface area contributed by atoms with Gasteiger partial charge in [0.2, 0.25) is 0 Å². The first-order valence-electron chi connectivity index (χ1n) is 3.22. The Labute approximate surface area is 63.7 Å². The van der Waals surface area contributed by atoms with Crippen LogP contribution in [0.3, 0.4) is 0 Å². The lowest BCUT2D eigenvalue weighted by atomic mass is 10.3. The van der Waals surface area contributed by atoms with Gasteiger partial charge < -0.3 is 9.67 Å². The van der Waals surface area contributed by atoms with Crippen LogP contribution < -0.4 is 0 Å². The monoisotopic (exact) mass is 155 g/mol. The van der Waals surface area contributed by atoms with Gasteiger partial charge in [-0.3, -0.25) is 0 Å². The fraction of sp³-hybridized carbons (Fsp3) is 0.500. The molecule has 60 valence electrons. The van der Waals surface area contributed by atoms with Gasteiger partial charge in [0, 0.05) is 0 Å². The molecule has 0 aliphatic carbocycles. The molecule has 5 nitrogen and oxygen atoms in total. The summed E-state index contributed by atoms with van der Waals surface area (Å²) in [4.78, 5) is 10.5. The number of aliphatic carboxylic acids is 1. The second-order valence-corrected chi connectivity index (χ2v) is 2.30. The average Bonchev–Trinajstić information content (AvgIpc) is 2.33. The van der Waals surface area contributed by atoms with Gasteiger partial charge >= 0.3 is 5.97 Å². The van der Waals surface area contributed by atoms with Crippen molar-refractivity contribution in [1.29, 1.82) is 0 Å². The molecule has 0 bridgehead atoms. The average molecular weight is 155 g/mol. The van der Waals surface area contributed by atoms with Gasteiger partial charge in [-0.25, -0.2) is 4.79 Å². The molecule has 11 heavy (non-hydrogen) atoms. The number of hydrogen-bond donors (Lipinski definition) is 1. The summed E-state index contributed by atoms with van der Waals surface area (Å²) in [7, 11) is 0. The van der Waals surface area contributed by atoms with Crippen LogP contribution in [0.2, 0.25) is 0 Å². The van der Waals surface area contributed by atoms with Gasteiger partial charge in [0.1, 0.15) is 18.2 Å². The molecule has 0 radical (unpaired) electrons. The molecule has 1 unspecified atom stereocenters. The molecule has 1 rings (SSSR count). The minimum atomic E-state index is -0.882. The molecule has 5 heteroatoms. The lowest BCUT2D eigenvalue weighted by molar-refractivity contribution is -0.140. The summed E-state index contributed by atoms with van der Waals surface area (Å²) in [6.07, 6.45) is 1.41. The summed E-state index contributed by atoms with van der Waals surface area (Å²) in [6, 6.07) is -0.593. The fourth-order valence-corrected chi connectivity index (χ4v) is 0.799. The molecule has 0 fully saturated rings. The summed E-state index contributed by atoms with van der Waals surface area (Å²) in [5.41, 5.74) is 0. The second-order valence-electron chi connectivity index (χ2n) is 2.30. The Morgan fingerprint density at radius 1 is 1.82 bits per heavy atom. The second kappa shape index (κ2) is 2.69. The van der Waals surface area contributed by atoms with Crippen molar-refractivity contribution in [3.63, 3.8) is 0 Å². The summed E-state index contributed by atoms with van der Waals surface area (Å²) in [6.45, 7) is 3.30. The standard InChI is InChI=1S/C6H9N3O2/c1-4(6(10)11)9-3-7-8-5(9)2/h3-4H,1-2H3,(H,10,11). The normalized spacial score (nSPS) is 12.9. The number of hydrogen-bond acceptors (Lipinski definition) is 3. The van der Waals surface area contributed by atoms with Gasteiger partial charge in [0.05, 0.1) is 0 Å². The van der Waals surface area contributed by atoms with E-state index in [1.165, 1.54) is 10.9 Å². The first-order valence-corrected chi connectivity index (χ1v) is 3.22. The Morgan fingerprint density at radius 2 is 2.45 bits per heavy atom. The third-order valence-electron chi connectivity index (χ3n) is 1.53. The van der Waals surface area contributed by atoms with Crippen molar-refractivity contribution < 1.29 is 9.90 Å². The molecule has 0 aliphatic rings. The number of nitrogens with zero attached hydrogens (tertiary/aromatic N) is 3. The van der Waals surface area contributed by atoms with Crippen LogP contribution in [0.4, 0.5) is 0 Å². The Balaban J connectivity index is 2.92. The molecule has 0 saturated carbocycles. The number of carboxylic acids is 1. The van der Waals surface area contributed by atoms with Crippen molar-refractivity contribution in [1.82, 2.24) is 14.8 Å². The van der Waals surface area contributed by atoms with E-state index < -0.39 is 12.0 Å². The molecule has 0 amide bonds. The number of aryl methyl sites for hydroxylation is 1. The SMILES string of the molecule is Cc1nncn1C(C)C(=O)O. The maximum absolute atomic E-state index is 10.5. The summed E-state index contributed by atoms with van der Waals surface area (Å²) < 4.78 is 1.50. The van der Waals surface area contributed by atoms with Crippen LogP contribution in [0, 0.1) is 6.92 Å². The van der Waals surface area contributed by atoms with Crippen LogP contribution in [-0.2, 0) is 4.79 Å². The molecule has 1 atom stereocenters. The molecule has 0 aromatic carbocycles. The van der Waals surface area contributed by atoms with Gasteiger partial charge in [0.25, 0.3) is 0 Å². The van der Waals surface area contributed by atoms with E-state index in [4.69, 9.17) is 5.11 Å². The molecular weight excluding hydrogens is 146 g/mol. The van der Waals surface area contributed by atoms with Gasteiger partial charge in [0.15, 0.2) is 0 Å². The van der Waals surface area contributed by atoms with Crippen molar-refractivity contribution in [2.75, 3.05) is 0 Å². The van der Waals surface area contributed by atoms with E-state index in [9.17, 15) is 4.79 Å². The van der Waals surface area contributed by atoms with Crippen molar-refractivity contribution in [3.8, 4) is 0 Å². The number of carbonyl (C=O) groups is 1. The quantitative estimate of drug-likeness (QED) is 0.663. The van der Waals surface area contributed by atoms with Crippen molar-refractivity contribution >= 4 is 5.97 Å². The van der Waals surface area contributed by atoms with E-state index in [-0.39, 0.29) is 0 Å². The van der Waals surface area contributed by atoms with Gasteiger partial charge in [-0.05, 0) is 13.8 Å². The molecular formula is C6H9N3O2. The Bertz CT molecular complexity index is 269. The highest BCUT2D eigenvalue weighted by Gasteiger charge is 2.14. The van der Waals surface area contributed by atoms with Crippen LogP contribution in [0.25, 0.3) is 0 Å². The first-order chi connectivity index (χ1) is 5.13. The third-order valence-corrected chi connectivity index (χ3v) is 1.53. The molecule has 1 aromatic heterocycles. The summed E-state index contributed by atoms with van der Waals surface area (Å²) >= 11 is 0. The van der Waals surface area contributed by atoms with E-state index in [2.05, 4.69) is 10.2 Å². The topological polar surface area (TPSA) is 68.0 Å². The minimum absolute atomic E-state index is 0.593. The van der Waals surface area contributed by atoms with E-state index in [1.54, 1.807) is 13.8 Å². The zero-order chi connectivity index (χ0) is 8.43. The van der Waals surface area contributed by atoms with Crippen LogP contribution >= 0.6 is 0 Å². The van der Waals surface area contributed by atoms with Crippen LogP contribution in [0.5, 0.6) is 0 Å². The van der Waals surface area contributed by atoms with Crippen molar-refractivity contribution in [2.24, 2.45) is 0 Å². The fourth-order valence-electron chi connectivity index (χ4n) is 0.799. The summed E-state index contributed by atoms with van der Waals surface area (Å²) in [5, 5.41) is 15.8. The van der Waals surface area contributed by atoms with Crippen LogP contribution in [-0.4, -0.2) is 25.8 Å². The maximum atomic E-state index is 10.5. The van der Waals surface area contributed by atoms with E-state index in [0.717, 1.165) is 0 Å². The highest BCUT2D eigenvalue weighted by atomic mass is 16.4. The Morgan fingerprint density at radius 3 is 2.82 bits per heavy atom.